The lowest BCUT2D eigenvalue weighted by Crippen LogP contribution is -2.48. The number of amides is 1. The Balaban J connectivity index is 1.53. The molecule has 1 aromatic carbocycles. The maximum Gasteiger partial charge on any atom is 0.433 e. The molecule has 3 aromatic rings. The topological polar surface area (TPSA) is 91.2 Å². The van der Waals surface area contributed by atoms with Crippen LogP contribution in [0.5, 0.6) is 0 Å². The molecule has 1 fully saturated rings. The van der Waals surface area contributed by atoms with Crippen molar-refractivity contribution < 1.29 is 23.1 Å². The van der Waals surface area contributed by atoms with E-state index in [4.69, 9.17) is 0 Å². The summed E-state index contributed by atoms with van der Waals surface area (Å²) in [6.45, 7) is 4.41. The molecular formula is C24H24F3N5O2. The summed E-state index contributed by atoms with van der Waals surface area (Å²) in [5.41, 5.74) is 1.23. The fourth-order valence-corrected chi connectivity index (χ4v) is 3.97. The number of alkyl halides is 3. The molecular weight excluding hydrogens is 447 g/mol. The number of benzene rings is 1. The van der Waals surface area contributed by atoms with Gasteiger partial charge in [0.15, 0.2) is 0 Å². The van der Waals surface area contributed by atoms with Crippen LogP contribution < -0.4 is 5.32 Å². The highest BCUT2D eigenvalue weighted by molar-refractivity contribution is 5.92. The van der Waals surface area contributed by atoms with Crippen molar-refractivity contribution in [2.24, 2.45) is 0 Å². The van der Waals surface area contributed by atoms with Crippen LogP contribution in [0.4, 0.5) is 24.8 Å². The van der Waals surface area contributed by atoms with Crippen molar-refractivity contribution in [2.75, 3.05) is 18.4 Å². The number of carbonyl (C=O) groups is 1. The Morgan fingerprint density at radius 1 is 1.15 bits per heavy atom. The zero-order chi connectivity index (χ0) is 24.5. The summed E-state index contributed by atoms with van der Waals surface area (Å²) in [6, 6.07) is 9.62. The largest absolute Gasteiger partial charge is 0.433 e. The molecule has 4 rings (SSSR count). The number of aryl methyl sites for hydroxylation is 1. The lowest BCUT2D eigenvalue weighted by atomic mass is 9.95. The van der Waals surface area contributed by atoms with Gasteiger partial charge in [-0.05, 0) is 62.1 Å². The number of piperidine rings is 1. The number of aromatic nitrogens is 3. The van der Waals surface area contributed by atoms with E-state index in [0.717, 1.165) is 35.4 Å². The van der Waals surface area contributed by atoms with E-state index in [1.807, 2.05) is 13.0 Å². The summed E-state index contributed by atoms with van der Waals surface area (Å²) in [5.74, 6) is -0.400. The van der Waals surface area contributed by atoms with Gasteiger partial charge in [-0.2, -0.15) is 13.2 Å². The fraction of sp³-hybridized carbons (Fsp3) is 0.333. The van der Waals surface area contributed by atoms with Crippen molar-refractivity contribution in [1.29, 1.82) is 0 Å². The first kappa shape index (κ1) is 23.6. The van der Waals surface area contributed by atoms with Crippen molar-refractivity contribution in [3.63, 3.8) is 0 Å². The summed E-state index contributed by atoms with van der Waals surface area (Å²) in [4.78, 5) is 26.1. The van der Waals surface area contributed by atoms with E-state index in [9.17, 15) is 23.1 Å². The molecule has 1 amide bonds. The first-order valence-electron chi connectivity index (χ1n) is 10.8. The van der Waals surface area contributed by atoms with Crippen LogP contribution in [0.25, 0.3) is 11.1 Å². The Bertz CT molecular complexity index is 1200. The molecule has 1 aliphatic heterocycles. The highest BCUT2D eigenvalue weighted by Gasteiger charge is 2.33. The fourth-order valence-electron chi connectivity index (χ4n) is 3.97. The predicted molar refractivity (Wildman–Crippen MR) is 120 cm³/mol. The van der Waals surface area contributed by atoms with Crippen LogP contribution in [-0.4, -0.2) is 49.6 Å². The summed E-state index contributed by atoms with van der Waals surface area (Å²) < 4.78 is 38.8. The van der Waals surface area contributed by atoms with Gasteiger partial charge in [0.25, 0.3) is 5.91 Å². The number of anilines is 2. The highest BCUT2D eigenvalue weighted by Crippen LogP contribution is 2.29. The van der Waals surface area contributed by atoms with E-state index < -0.39 is 17.5 Å². The van der Waals surface area contributed by atoms with Gasteiger partial charge in [-0.15, -0.1) is 0 Å². The second-order valence-corrected chi connectivity index (χ2v) is 8.74. The molecule has 3 heterocycles. The van der Waals surface area contributed by atoms with Gasteiger partial charge in [0, 0.05) is 36.7 Å². The molecule has 178 valence electrons. The monoisotopic (exact) mass is 471 g/mol. The number of hydrogen-bond donors (Lipinski definition) is 2. The summed E-state index contributed by atoms with van der Waals surface area (Å²) >= 11 is 0. The summed E-state index contributed by atoms with van der Waals surface area (Å²) in [7, 11) is 0. The van der Waals surface area contributed by atoms with E-state index >= 15 is 0 Å². The normalized spacial score (nSPS) is 18.6. The third-order valence-electron chi connectivity index (χ3n) is 5.56. The van der Waals surface area contributed by atoms with Gasteiger partial charge in [-0.3, -0.25) is 9.78 Å². The van der Waals surface area contributed by atoms with Crippen LogP contribution >= 0.6 is 0 Å². The van der Waals surface area contributed by atoms with E-state index in [1.165, 1.54) is 0 Å². The SMILES string of the molecule is Cc1cc(Nc2nccc(C(F)(F)F)n2)cc(-c2ccc(C(=O)N3CCCC(C)(O)C3)nc2)c1. The van der Waals surface area contributed by atoms with Crippen LogP contribution in [-0.2, 0) is 6.18 Å². The number of aliphatic hydroxyl groups is 1. The van der Waals surface area contributed by atoms with E-state index in [-0.39, 0.29) is 24.1 Å². The number of hydrogen-bond acceptors (Lipinski definition) is 6. The number of rotatable bonds is 4. The Labute approximate surface area is 194 Å². The number of halogens is 3. The summed E-state index contributed by atoms with van der Waals surface area (Å²) in [6.07, 6.45) is -0.555. The van der Waals surface area contributed by atoms with Crippen LogP contribution in [0.1, 0.15) is 41.5 Å². The number of nitrogens with one attached hydrogen (secondary N) is 1. The van der Waals surface area contributed by atoms with Gasteiger partial charge in [0.1, 0.15) is 11.4 Å². The molecule has 1 aliphatic rings. The number of nitrogens with zero attached hydrogens (tertiary/aromatic N) is 4. The molecule has 0 saturated carbocycles. The van der Waals surface area contributed by atoms with Crippen molar-refractivity contribution in [2.45, 2.75) is 38.5 Å². The quantitative estimate of drug-likeness (QED) is 0.578. The smallest absolute Gasteiger partial charge is 0.388 e. The number of β-amino-alcohol motifs (C(OH)–C–C–N with tert-alkyl or cyclic N) is 1. The molecule has 10 heteroatoms. The third-order valence-corrected chi connectivity index (χ3v) is 5.56. The Kier molecular flexibility index (Phi) is 6.26. The second kappa shape index (κ2) is 9.02. The lowest BCUT2D eigenvalue weighted by molar-refractivity contribution is -0.141. The van der Waals surface area contributed by atoms with Crippen LogP contribution in [0.3, 0.4) is 0 Å². The first-order valence-corrected chi connectivity index (χ1v) is 10.8. The van der Waals surface area contributed by atoms with Crippen molar-refractivity contribution in [3.8, 4) is 11.1 Å². The van der Waals surface area contributed by atoms with E-state index in [1.54, 1.807) is 42.3 Å². The minimum Gasteiger partial charge on any atom is -0.388 e. The zero-order valence-corrected chi connectivity index (χ0v) is 18.7. The molecule has 7 nitrogen and oxygen atoms in total. The molecule has 1 unspecified atom stereocenters. The molecule has 34 heavy (non-hydrogen) atoms. The Hall–Kier alpha value is -3.53. The molecule has 0 aliphatic carbocycles. The van der Waals surface area contributed by atoms with Crippen LogP contribution in [0.15, 0.2) is 48.8 Å². The van der Waals surface area contributed by atoms with Crippen LogP contribution in [0.2, 0.25) is 0 Å². The highest BCUT2D eigenvalue weighted by atomic mass is 19.4. The maximum atomic E-state index is 12.9. The first-order chi connectivity index (χ1) is 16.0. The average Bonchev–Trinajstić information content (AvgIpc) is 2.77. The maximum absolute atomic E-state index is 12.9. The third kappa shape index (κ3) is 5.51. The molecule has 1 atom stereocenters. The number of carbonyl (C=O) groups excluding carboxylic acids is 1. The molecule has 1 saturated heterocycles. The predicted octanol–water partition coefficient (Wildman–Crippen LogP) is 4.60. The second-order valence-electron chi connectivity index (χ2n) is 8.74. The molecule has 0 radical (unpaired) electrons. The van der Waals surface area contributed by atoms with E-state index in [2.05, 4.69) is 20.3 Å². The van der Waals surface area contributed by atoms with Gasteiger partial charge >= 0.3 is 6.18 Å². The minimum absolute atomic E-state index is 0.164. The van der Waals surface area contributed by atoms with Gasteiger partial charge < -0.3 is 15.3 Å². The van der Waals surface area contributed by atoms with Crippen LogP contribution in [0, 0.1) is 6.92 Å². The molecule has 2 N–H and O–H groups in total. The number of pyridine rings is 1. The van der Waals surface area contributed by atoms with Gasteiger partial charge in [-0.25, -0.2) is 9.97 Å². The van der Waals surface area contributed by atoms with Gasteiger partial charge in [0.05, 0.1) is 5.60 Å². The Morgan fingerprint density at radius 2 is 1.94 bits per heavy atom. The van der Waals surface area contributed by atoms with Crippen molar-refractivity contribution >= 4 is 17.5 Å². The zero-order valence-electron chi connectivity index (χ0n) is 18.7. The van der Waals surface area contributed by atoms with Crippen molar-refractivity contribution in [1.82, 2.24) is 19.9 Å². The average molecular weight is 471 g/mol. The lowest BCUT2D eigenvalue weighted by Gasteiger charge is -2.36. The standard InChI is InChI=1S/C24H24F3N5O2/c1-15-10-17(12-18(11-15)30-22-28-8-6-20(31-22)24(25,26)27)16-4-5-19(29-13-16)21(33)32-9-3-7-23(2,34)14-32/h4-6,8,10-13,34H,3,7,9,14H2,1-2H3,(H,28,30,31). The van der Waals surface area contributed by atoms with Gasteiger partial charge in [0.2, 0.25) is 5.95 Å². The number of likely N-dealkylation sites (tertiary alicyclic amines) is 1. The molecule has 0 bridgehead atoms. The summed E-state index contributed by atoms with van der Waals surface area (Å²) in [5, 5.41) is 13.1. The minimum atomic E-state index is -4.56. The van der Waals surface area contributed by atoms with E-state index in [0.29, 0.717) is 18.7 Å². The van der Waals surface area contributed by atoms with Crippen molar-refractivity contribution in [3.05, 3.63) is 65.7 Å². The van der Waals surface area contributed by atoms with Gasteiger partial charge in [-0.1, -0.05) is 12.1 Å². The molecule has 2 aromatic heterocycles. The molecule has 0 spiro atoms. The Morgan fingerprint density at radius 3 is 2.62 bits per heavy atom.